The second-order valence-electron chi connectivity index (χ2n) is 12.1. The zero-order valence-electron chi connectivity index (χ0n) is 24.4. The van der Waals surface area contributed by atoms with Crippen LogP contribution in [0.15, 0.2) is 72.8 Å². The molecular formula is C36H36ClN5O. The minimum Gasteiger partial charge on any atom is -0.349 e. The molecule has 0 bridgehead atoms. The Morgan fingerprint density at radius 2 is 1.65 bits per heavy atom. The summed E-state index contributed by atoms with van der Waals surface area (Å²) >= 11 is 6.67. The molecule has 2 atom stereocenters. The molecule has 7 heteroatoms. The maximum atomic E-state index is 14.6. The summed E-state index contributed by atoms with van der Waals surface area (Å²) in [6, 6.07) is 26.5. The SMILES string of the molecule is N#Cc1ccc(-c2ccc3nc(N4CCC[C@@H]4c4ccccc4Cl)cc(C(=O)N4CCC[C@H]4CN4CCCC4)c3c2)cc1. The van der Waals surface area contributed by atoms with Gasteiger partial charge in [0.2, 0.25) is 0 Å². The molecule has 0 unspecified atom stereocenters. The summed E-state index contributed by atoms with van der Waals surface area (Å²) in [5.74, 6) is 0.931. The average Bonchev–Trinajstić information content (AvgIpc) is 3.84. The normalized spacial score (nSPS) is 20.7. The van der Waals surface area contributed by atoms with Crippen LogP contribution in [0.3, 0.4) is 0 Å². The Morgan fingerprint density at radius 3 is 2.44 bits per heavy atom. The molecule has 0 saturated carbocycles. The topological polar surface area (TPSA) is 63.5 Å². The van der Waals surface area contributed by atoms with Gasteiger partial charge in [-0.2, -0.15) is 5.26 Å². The molecule has 1 aromatic heterocycles. The summed E-state index contributed by atoms with van der Waals surface area (Å²) in [7, 11) is 0. The second kappa shape index (κ2) is 12.0. The summed E-state index contributed by atoms with van der Waals surface area (Å²) in [5.41, 5.74) is 5.29. The van der Waals surface area contributed by atoms with Crippen molar-refractivity contribution in [2.75, 3.05) is 37.6 Å². The van der Waals surface area contributed by atoms with Crippen molar-refractivity contribution in [1.82, 2.24) is 14.8 Å². The smallest absolute Gasteiger partial charge is 0.254 e. The third-order valence-electron chi connectivity index (χ3n) is 9.49. The van der Waals surface area contributed by atoms with Crippen molar-refractivity contribution in [2.24, 2.45) is 0 Å². The summed E-state index contributed by atoms with van der Waals surface area (Å²) < 4.78 is 0. The second-order valence-corrected chi connectivity index (χ2v) is 12.5. The van der Waals surface area contributed by atoms with E-state index >= 15 is 0 Å². The van der Waals surface area contributed by atoms with E-state index in [4.69, 9.17) is 16.6 Å². The fourth-order valence-corrected chi connectivity index (χ4v) is 7.53. The summed E-state index contributed by atoms with van der Waals surface area (Å²) in [6.45, 7) is 4.88. The number of halogens is 1. The quantitative estimate of drug-likeness (QED) is 0.233. The number of likely N-dealkylation sites (tertiary alicyclic amines) is 2. The fraction of sp³-hybridized carbons (Fsp3) is 0.361. The van der Waals surface area contributed by atoms with Gasteiger partial charge in [-0.25, -0.2) is 4.98 Å². The maximum absolute atomic E-state index is 14.6. The number of rotatable bonds is 6. The van der Waals surface area contributed by atoms with E-state index in [-0.39, 0.29) is 18.0 Å². The average molecular weight is 590 g/mol. The number of aromatic nitrogens is 1. The van der Waals surface area contributed by atoms with Gasteiger partial charge in [0, 0.05) is 36.1 Å². The van der Waals surface area contributed by atoms with Gasteiger partial charge in [-0.3, -0.25) is 4.79 Å². The van der Waals surface area contributed by atoms with Gasteiger partial charge in [0.15, 0.2) is 0 Å². The minimum atomic E-state index is 0.0980. The van der Waals surface area contributed by atoms with Crippen LogP contribution in [0.1, 0.15) is 66.1 Å². The van der Waals surface area contributed by atoms with Gasteiger partial charge in [0.05, 0.1) is 28.8 Å². The standard InChI is InChI=1S/C36H36ClN5O/c37-32-9-2-1-8-29(32)34-10-6-20-42(34)35-22-31(36(43)41-19-5-7-28(41)24-40-17-3-4-18-40)30-21-27(15-16-33(30)39-35)26-13-11-25(23-38)12-14-26/h1-2,8-9,11-16,21-22,28,34H,3-7,10,17-20,24H2/t28-,34+/m0/s1. The van der Waals surface area contributed by atoms with E-state index in [0.717, 1.165) is 96.8 Å². The van der Waals surface area contributed by atoms with Crippen LogP contribution in [0.2, 0.25) is 5.02 Å². The summed E-state index contributed by atoms with van der Waals surface area (Å²) in [6.07, 6.45) is 6.63. The first-order valence-electron chi connectivity index (χ1n) is 15.6. The highest BCUT2D eigenvalue weighted by Gasteiger charge is 2.34. The monoisotopic (exact) mass is 589 g/mol. The van der Waals surface area contributed by atoms with Gasteiger partial charge in [-0.1, -0.05) is 48.0 Å². The number of pyridine rings is 1. The number of nitrogens with zero attached hydrogens (tertiary/aromatic N) is 5. The molecule has 0 aliphatic carbocycles. The highest BCUT2D eigenvalue weighted by atomic mass is 35.5. The molecule has 3 fully saturated rings. The number of hydrogen-bond donors (Lipinski definition) is 0. The first-order chi connectivity index (χ1) is 21.1. The van der Waals surface area contributed by atoms with Crippen LogP contribution in [-0.4, -0.2) is 59.5 Å². The van der Waals surface area contributed by atoms with Crippen molar-refractivity contribution in [3.8, 4) is 17.2 Å². The van der Waals surface area contributed by atoms with E-state index in [0.29, 0.717) is 11.1 Å². The molecule has 6 nitrogen and oxygen atoms in total. The van der Waals surface area contributed by atoms with E-state index in [1.54, 1.807) is 0 Å². The van der Waals surface area contributed by atoms with Gasteiger partial charge in [-0.15, -0.1) is 0 Å². The maximum Gasteiger partial charge on any atom is 0.254 e. The zero-order valence-corrected chi connectivity index (χ0v) is 25.1. The first-order valence-corrected chi connectivity index (χ1v) is 16.0. The molecule has 0 radical (unpaired) electrons. The lowest BCUT2D eigenvalue weighted by Gasteiger charge is -2.30. The van der Waals surface area contributed by atoms with Crippen LogP contribution in [-0.2, 0) is 0 Å². The fourth-order valence-electron chi connectivity index (χ4n) is 7.27. The largest absolute Gasteiger partial charge is 0.349 e. The molecule has 3 aliphatic heterocycles. The third-order valence-corrected chi connectivity index (χ3v) is 9.83. The Balaban J connectivity index is 1.31. The van der Waals surface area contributed by atoms with Crippen LogP contribution < -0.4 is 4.90 Å². The van der Waals surface area contributed by atoms with Gasteiger partial charge >= 0.3 is 0 Å². The third kappa shape index (κ3) is 5.48. The van der Waals surface area contributed by atoms with E-state index in [9.17, 15) is 10.1 Å². The van der Waals surface area contributed by atoms with Crippen LogP contribution in [0, 0.1) is 11.3 Å². The van der Waals surface area contributed by atoms with Crippen molar-refractivity contribution in [1.29, 1.82) is 5.26 Å². The van der Waals surface area contributed by atoms with Crippen molar-refractivity contribution >= 4 is 34.2 Å². The van der Waals surface area contributed by atoms with Crippen molar-refractivity contribution in [2.45, 2.75) is 50.6 Å². The van der Waals surface area contributed by atoms with Gasteiger partial charge in [0.1, 0.15) is 5.82 Å². The van der Waals surface area contributed by atoms with Crippen LogP contribution in [0.5, 0.6) is 0 Å². The lowest BCUT2D eigenvalue weighted by atomic mass is 9.99. The number of carbonyl (C=O) groups is 1. The van der Waals surface area contributed by atoms with E-state index in [1.807, 2.05) is 54.6 Å². The molecule has 43 heavy (non-hydrogen) atoms. The Bertz CT molecular complexity index is 1690. The molecule has 3 saturated heterocycles. The van der Waals surface area contributed by atoms with Gasteiger partial charge in [0.25, 0.3) is 5.91 Å². The Hall–Kier alpha value is -3.92. The molecule has 1 amide bonds. The molecule has 4 aromatic rings. The molecule has 4 heterocycles. The number of fused-ring (bicyclic) bond motifs is 1. The highest BCUT2D eigenvalue weighted by Crippen LogP contribution is 2.40. The lowest BCUT2D eigenvalue weighted by Crippen LogP contribution is -2.42. The number of benzene rings is 3. The summed E-state index contributed by atoms with van der Waals surface area (Å²) in [5, 5.41) is 10.9. The Labute approximate surface area is 258 Å². The van der Waals surface area contributed by atoms with E-state index < -0.39 is 0 Å². The van der Waals surface area contributed by atoms with Crippen molar-refractivity contribution < 1.29 is 4.79 Å². The Kier molecular flexibility index (Phi) is 7.78. The number of carbonyl (C=O) groups excluding carboxylic acids is 1. The number of nitriles is 1. The van der Waals surface area contributed by atoms with E-state index in [1.165, 1.54) is 12.8 Å². The molecule has 218 valence electrons. The van der Waals surface area contributed by atoms with Gasteiger partial charge < -0.3 is 14.7 Å². The van der Waals surface area contributed by atoms with Crippen LogP contribution in [0.4, 0.5) is 5.82 Å². The van der Waals surface area contributed by atoms with Gasteiger partial charge in [-0.05, 0) is 105 Å². The first kappa shape index (κ1) is 27.9. The molecule has 3 aromatic carbocycles. The van der Waals surface area contributed by atoms with Crippen molar-refractivity contribution in [3.63, 3.8) is 0 Å². The number of anilines is 1. The predicted octanol–water partition coefficient (Wildman–Crippen LogP) is 7.47. The highest BCUT2D eigenvalue weighted by molar-refractivity contribution is 6.31. The number of amides is 1. The molecule has 7 rings (SSSR count). The van der Waals surface area contributed by atoms with Crippen LogP contribution in [0.25, 0.3) is 22.0 Å². The Morgan fingerprint density at radius 1 is 0.884 bits per heavy atom. The predicted molar refractivity (Wildman–Crippen MR) is 172 cm³/mol. The van der Waals surface area contributed by atoms with E-state index in [2.05, 4.69) is 39.0 Å². The summed E-state index contributed by atoms with van der Waals surface area (Å²) in [4.78, 5) is 26.7. The van der Waals surface area contributed by atoms with Crippen molar-refractivity contribution in [3.05, 3.63) is 94.5 Å². The minimum absolute atomic E-state index is 0.0980. The molecule has 0 spiro atoms. The molecule has 3 aliphatic rings. The number of hydrogen-bond acceptors (Lipinski definition) is 5. The lowest BCUT2D eigenvalue weighted by molar-refractivity contribution is 0.0710. The molecule has 0 N–H and O–H groups in total. The molecular weight excluding hydrogens is 554 g/mol. The zero-order chi connectivity index (χ0) is 29.3. The van der Waals surface area contributed by atoms with Crippen LogP contribution >= 0.6 is 11.6 Å².